The molecule has 2 bridgehead atoms. The van der Waals surface area contributed by atoms with Gasteiger partial charge >= 0.3 is 0 Å². The number of hydrogen-bond donors (Lipinski definition) is 1. The van der Waals surface area contributed by atoms with Crippen molar-refractivity contribution in [3.63, 3.8) is 0 Å². The lowest BCUT2D eigenvalue weighted by molar-refractivity contribution is -0.126. The summed E-state index contributed by atoms with van der Waals surface area (Å²) in [5, 5.41) is 6.26. The van der Waals surface area contributed by atoms with Gasteiger partial charge in [-0.2, -0.15) is 0 Å². The van der Waals surface area contributed by atoms with Crippen molar-refractivity contribution in [1.29, 1.82) is 0 Å². The van der Waals surface area contributed by atoms with Gasteiger partial charge < -0.3 is 5.32 Å². The molecular formula is C31H24N2OS. The highest BCUT2D eigenvalue weighted by Crippen LogP contribution is 2.61. The summed E-state index contributed by atoms with van der Waals surface area (Å²) in [4.78, 5) is 19.6. The highest BCUT2D eigenvalue weighted by atomic mass is 32.1. The number of nitrogens with zero attached hydrogens (tertiary/aromatic N) is 1. The molecular weight excluding hydrogens is 448 g/mol. The van der Waals surface area contributed by atoms with Gasteiger partial charge in [0.25, 0.3) is 0 Å². The molecule has 3 aliphatic carbocycles. The Morgan fingerprint density at radius 3 is 2.23 bits per heavy atom. The van der Waals surface area contributed by atoms with Crippen molar-refractivity contribution in [2.45, 2.75) is 25.2 Å². The standard InChI is InChI=1S/C31H24N2OS/c1-31(17-26-21-12-4-6-14-24(21)28(31)25-15-7-5-13-22(25)26)29(34)33-30-32-18-27(35-30)23-16-8-10-19-9-2-3-11-20(19)23/h2-16,18,26,28H,17H2,1H3,(H,32,33,34). The normalized spacial score (nSPS) is 22.0. The van der Waals surface area contributed by atoms with Crippen LogP contribution in [0.1, 0.15) is 47.4 Å². The second-order valence-corrected chi connectivity index (χ2v) is 10.9. The zero-order valence-electron chi connectivity index (χ0n) is 19.4. The third-order valence-electron chi connectivity index (χ3n) is 7.93. The van der Waals surface area contributed by atoms with Crippen LogP contribution in [0.2, 0.25) is 0 Å². The first-order chi connectivity index (χ1) is 17.1. The number of rotatable bonds is 3. The van der Waals surface area contributed by atoms with Crippen molar-refractivity contribution in [2.24, 2.45) is 5.41 Å². The number of thiazole rings is 1. The van der Waals surface area contributed by atoms with Gasteiger partial charge in [0.2, 0.25) is 5.91 Å². The Labute approximate surface area is 208 Å². The van der Waals surface area contributed by atoms with Crippen molar-refractivity contribution >= 4 is 33.1 Å². The van der Waals surface area contributed by atoms with Crippen LogP contribution in [0.5, 0.6) is 0 Å². The number of carbonyl (C=O) groups excluding carboxylic acids is 1. The lowest BCUT2D eigenvalue weighted by Crippen LogP contribution is -2.47. The fourth-order valence-electron chi connectivity index (χ4n) is 6.33. The van der Waals surface area contributed by atoms with Gasteiger partial charge in [-0.15, -0.1) is 0 Å². The van der Waals surface area contributed by atoms with Crippen LogP contribution >= 0.6 is 11.3 Å². The molecule has 1 unspecified atom stereocenters. The monoisotopic (exact) mass is 472 g/mol. The topological polar surface area (TPSA) is 42.0 Å². The maximum Gasteiger partial charge on any atom is 0.233 e. The van der Waals surface area contributed by atoms with E-state index >= 15 is 0 Å². The molecule has 1 N–H and O–H groups in total. The molecule has 0 aliphatic heterocycles. The van der Waals surface area contributed by atoms with Gasteiger partial charge in [-0.1, -0.05) is 102 Å². The van der Waals surface area contributed by atoms with E-state index in [2.05, 4.69) is 108 Å². The lowest BCUT2D eigenvalue weighted by atomic mass is 9.52. The Morgan fingerprint density at radius 2 is 1.49 bits per heavy atom. The summed E-state index contributed by atoms with van der Waals surface area (Å²) in [5.74, 6) is 0.332. The number of carbonyl (C=O) groups is 1. The molecule has 1 aromatic heterocycles. The molecule has 4 aromatic carbocycles. The molecule has 3 aliphatic rings. The van der Waals surface area contributed by atoms with Crippen LogP contribution in [0.3, 0.4) is 0 Å². The molecule has 170 valence electrons. The van der Waals surface area contributed by atoms with Gasteiger partial charge in [0, 0.05) is 23.6 Å². The summed E-state index contributed by atoms with van der Waals surface area (Å²) in [6, 6.07) is 32.0. The quantitative estimate of drug-likeness (QED) is 0.294. The Kier molecular flexibility index (Phi) is 4.49. The van der Waals surface area contributed by atoms with E-state index in [4.69, 9.17) is 0 Å². The minimum Gasteiger partial charge on any atom is -0.301 e. The molecule has 1 heterocycles. The van der Waals surface area contributed by atoms with Crippen molar-refractivity contribution in [2.75, 3.05) is 5.32 Å². The smallest absolute Gasteiger partial charge is 0.233 e. The van der Waals surface area contributed by atoms with E-state index in [1.54, 1.807) is 11.3 Å². The first-order valence-corrected chi connectivity index (χ1v) is 12.9. The summed E-state index contributed by atoms with van der Waals surface area (Å²) >= 11 is 1.54. The number of anilines is 1. The van der Waals surface area contributed by atoms with Gasteiger partial charge in [0.05, 0.1) is 10.3 Å². The van der Waals surface area contributed by atoms with Crippen molar-refractivity contribution in [3.05, 3.63) is 119 Å². The molecule has 1 amide bonds. The predicted molar refractivity (Wildman–Crippen MR) is 143 cm³/mol. The molecule has 0 spiro atoms. The van der Waals surface area contributed by atoms with E-state index in [1.165, 1.54) is 33.0 Å². The van der Waals surface area contributed by atoms with E-state index in [0.717, 1.165) is 16.9 Å². The SMILES string of the molecule is CC1(C(=O)Nc2ncc(-c3cccc4ccccc34)s2)CC2c3ccccc3C1c1ccccc12. The molecule has 1 atom stereocenters. The summed E-state index contributed by atoms with van der Waals surface area (Å²) in [7, 11) is 0. The lowest BCUT2D eigenvalue weighted by Gasteiger charge is -2.50. The highest BCUT2D eigenvalue weighted by Gasteiger charge is 2.53. The molecule has 3 nitrogen and oxygen atoms in total. The van der Waals surface area contributed by atoms with Crippen LogP contribution in [-0.2, 0) is 4.79 Å². The summed E-state index contributed by atoms with van der Waals surface area (Å²) in [6.45, 7) is 2.13. The maximum atomic E-state index is 13.9. The molecule has 0 saturated heterocycles. The van der Waals surface area contributed by atoms with Gasteiger partial charge in [-0.25, -0.2) is 4.98 Å². The van der Waals surface area contributed by atoms with Crippen molar-refractivity contribution in [3.8, 4) is 10.4 Å². The fourth-order valence-corrected chi connectivity index (χ4v) is 7.18. The molecule has 35 heavy (non-hydrogen) atoms. The molecule has 8 rings (SSSR count). The maximum absolute atomic E-state index is 13.9. The van der Waals surface area contributed by atoms with Crippen LogP contribution in [0.15, 0.2) is 97.2 Å². The average molecular weight is 473 g/mol. The van der Waals surface area contributed by atoms with Crippen LogP contribution < -0.4 is 5.32 Å². The van der Waals surface area contributed by atoms with Crippen LogP contribution in [0.25, 0.3) is 21.2 Å². The zero-order valence-corrected chi connectivity index (χ0v) is 20.2. The van der Waals surface area contributed by atoms with Gasteiger partial charge in [0.1, 0.15) is 0 Å². The number of benzene rings is 4. The molecule has 5 aromatic rings. The van der Waals surface area contributed by atoms with Crippen molar-refractivity contribution < 1.29 is 4.79 Å². The number of amides is 1. The van der Waals surface area contributed by atoms with Gasteiger partial charge in [0.15, 0.2) is 5.13 Å². The minimum atomic E-state index is -0.543. The number of nitrogens with one attached hydrogen (secondary N) is 1. The molecule has 0 radical (unpaired) electrons. The second-order valence-electron chi connectivity index (χ2n) is 9.88. The third-order valence-corrected chi connectivity index (χ3v) is 8.88. The summed E-state index contributed by atoms with van der Waals surface area (Å²) < 4.78 is 0. The minimum absolute atomic E-state index is 0.0393. The van der Waals surface area contributed by atoms with Crippen molar-refractivity contribution in [1.82, 2.24) is 4.98 Å². The average Bonchev–Trinajstić information content (AvgIpc) is 3.36. The highest BCUT2D eigenvalue weighted by molar-refractivity contribution is 7.19. The van der Waals surface area contributed by atoms with E-state index in [0.29, 0.717) is 5.13 Å². The predicted octanol–water partition coefficient (Wildman–Crippen LogP) is 7.59. The van der Waals surface area contributed by atoms with Crippen LogP contribution in [-0.4, -0.2) is 10.9 Å². The third kappa shape index (κ3) is 3.03. The Balaban J connectivity index is 1.24. The van der Waals surface area contributed by atoms with E-state index in [-0.39, 0.29) is 17.7 Å². The zero-order chi connectivity index (χ0) is 23.6. The Bertz CT molecular complexity index is 1570. The second kappa shape index (κ2) is 7.62. The number of aromatic nitrogens is 1. The van der Waals surface area contributed by atoms with Gasteiger partial charge in [-0.05, 0) is 46.4 Å². The van der Waals surface area contributed by atoms with E-state index < -0.39 is 5.41 Å². The number of hydrogen-bond acceptors (Lipinski definition) is 3. The fraction of sp³-hybridized carbons (Fsp3) is 0.161. The van der Waals surface area contributed by atoms with Crippen LogP contribution in [0.4, 0.5) is 5.13 Å². The first kappa shape index (κ1) is 20.6. The molecule has 0 saturated carbocycles. The van der Waals surface area contributed by atoms with Crippen LogP contribution in [0, 0.1) is 5.41 Å². The number of fused-ring (bicyclic) bond motifs is 2. The van der Waals surface area contributed by atoms with Gasteiger partial charge in [-0.3, -0.25) is 4.79 Å². The largest absolute Gasteiger partial charge is 0.301 e. The first-order valence-electron chi connectivity index (χ1n) is 12.1. The molecule has 0 fully saturated rings. The Hall–Kier alpha value is -3.76. The molecule has 4 heteroatoms. The summed E-state index contributed by atoms with van der Waals surface area (Å²) in [5.41, 5.74) is 5.92. The van der Waals surface area contributed by atoms with E-state index in [9.17, 15) is 4.79 Å². The summed E-state index contributed by atoms with van der Waals surface area (Å²) in [6.07, 6.45) is 2.68. The van der Waals surface area contributed by atoms with E-state index in [1.807, 2.05) is 6.20 Å². The Morgan fingerprint density at radius 1 is 0.857 bits per heavy atom.